The van der Waals surface area contributed by atoms with Crippen molar-refractivity contribution in [2.24, 2.45) is 0 Å². The van der Waals surface area contributed by atoms with Crippen LogP contribution in [0.25, 0.3) is 0 Å². The topological polar surface area (TPSA) is 98.5 Å². The summed E-state index contributed by atoms with van der Waals surface area (Å²) < 4.78 is 36.4. The predicted molar refractivity (Wildman–Crippen MR) is 159 cm³/mol. The van der Waals surface area contributed by atoms with E-state index in [-0.39, 0.29) is 10.8 Å². The molecule has 0 spiro atoms. The molecule has 2 aromatic rings. The zero-order valence-electron chi connectivity index (χ0n) is 25.2. The predicted octanol–water partition coefficient (Wildman–Crippen LogP) is 4.19. The number of nitrogens with zero attached hydrogens (tertiary/aromatic N) is 2. The molecule has 0 saturated heterocycles. The van der Waals surface area contributed by atoms with Crippen molar-refractivity contribution in [3.63, 3.8) is 0 Å². The van der Waals surface area contributed by atoms with Gasteiger partial charge in [-0.25, -0.2) is 18.6 Å². The minimum atomic E-state index is -4.94. The smallest absolute Gasteiger partial charge is 0.209 e. The first-order valence-electron chi connectivity index (χ1n) is 14.4. The standard InChI is InChI=1S/C34H40ClN2.ClHO4/c1-7-36-28-18-11-9-16-26(28)33(3,4)30(36)22-20-24-14-13-15-25(32(24)35)21-23-31-34(5,6)27-17-10-12-19-29(27)37(31)8-2;2-1(3,4)5/h9-12,16-23H,7-8,13-15H2,1-6H3;(H,2,3,4,5)/q+1;/p-1. The molecule has 2 aromatic carbocycles. The van der Waals surface area contributed by atoms with Crippen molar-refractivity contribution in [3.8, 4) is 0 Å². The molecule has 0 aromatic heterocycles. The van der Waals surface area contributed by atoms with Crippen LogP contribution in [0.2, 0.25) is 0 Å². The Morgan fingerprint density at radius 1 is 0.857 bits per heavy atom. The highest BCUT2D eigenvalue weighted by molar-refractivity contribution is 6.32. The van der Waals surface area contributed by atoms with E-state index in [0.29, 0.717) is 0 Å². The summed E-state index contributed by atoms with van der Waals surface area (Å²) in [6.45, 7) is 15.7. The van der Waals surface area contributed by atoms with E-state index in [4.69, 9.17) is 30.2 Å². The molecule has 3 aliphatic rings. The van der Waals surface area contributed by atoms with Crippen LogP contribution in [0.3, 0.4) is 0 Å². The normalized spacial score (nSPS) is 21.3. The number of anilines is 1. The molecule has 0 atom stereocenters. The largest absolute Gasteiger partial charge is 0.344 e. The third-order valence-corrected chi connectivity index (χ3v) is 9.06. The van der Waals surface area contributed by atoms with Crippen LogP contribution >= 0.6 is 11.6 Å². The molecule has 0 saturated carbocycles. The van der Waals surface area contributed by atoms with Gasteiger partial charge in [-0.1, -0.05) is 74.0 Å². The quantitative estimate of drug-likeness (QED) is 0.473. The van der Waals surface area contributed by atoms with E-state index < -0.39 is 10.2 Å². The molecule has 2 aliphatic heterocycles. The maximum atomic E-state index is 8.49. The van der Waals surface area contributed by atoms with E-state index >= 15 is 0 Å². The third-order valence-electron chi connectivity index (χ3n) is 8.57. The number of halogens is 2. The summed E-state index contributed by atoms with van der Waals surface area (Å²) in [6, 6.07) is 17.6. The second kappa shape index (κ2) is 12.5. The third kappa shape index (κ3) is 6.45. The van der Waals surface area contributed by atoms with Gasteiger partial charge in [-0.15, -0.1) is 10.2 Å². The van der Waals surface area contributed by atoms with Crippen molar-refractivity contribution in [2.45, 2.75) is 71.6 Å². The van der Waals surface area contributed by atoms with Crippen LogP contribution < -0.4 is 23.5 Å². The number of likely N-dealkylation sites (N-methyl/N-ethyl adjacent to an activating group) is 1. The van der Waals surface area contributed by atoms with Gasteiger partial charge in [0.25, 0.3) is 0 Å². The highest BCUT2D eigenvalue weighted by Crippen LogP contribution is 2.47. The zero-order chi connectivity index (χ0) is 30.9. The number of benzene rings is 2. The summed E-state index contributed by atoms with van der Waals surface area (Å²) in [7, 11) is -4.94. The summed E-state index contributed by atoms with van der Waals surface area (Å²) in [4.78, 5) is 2.45. The Balaban J connectivity index is 0.000000748. The first-order chi connectivity index (χ1) is 19.7. The lowest BCUT2D eigenvalue weighted by atomic mass is 9.81. The molecule has 0 bridgehead atoms. The fraction of sp³-hybridized carbons (Fsp3) is 0.382. The molecule has 8 heteroatoms. The van der Waals surface area contributed by atoms with Gasteiger partial charge < -0.3 is 4.90 Å². The number of fused-ring (bicyclic) bond motifs is 2. The molecular weight excluding hydrogens is 571 g/mol. The zero-order valence-corrected chi connectivity index (χ0v) is 26.8. The highest BCUT2D eigenvalue weighted by atomic mass is 35.7. The van der Waals surface area contributed by atoms with E-state index in [9.17, 15) is 0 Å². The number of rotatable bonds is 5. The molecule has 0 N–H and O–H groups in total. The fourth-order valence-electron chi connectivity index (χ4n) is 6.53. The molecule has 0 unspecified atom stereocenters. The summed E-state index contributed by atoms with van der Waals surface area (Å²) in [5.41, 5.74) is 10.6. The number of hydrogen-bond acceptors (Lipinski definition) is 5. The molecule has 1 aliphatic carbocycles. The second-order valence-corrected chi connectivity index (χ2v) is 12.9. The van der Waals surface area contributed by atoms with Gasteiger partial charge in [0.2, 0.25) is 5.69 Å². The van der Waals surface area contributed by atoms with Crippen LogP contribution in [-0.4, -0.2) is 23.4 Å². The van der Waals surface area contributed by atoms with Gasteiger partial charge >= 0.3 is 0 Å². The average Bonchev–Trinajstić information content (AvgIpc) is 3.29. The number of allylic oxidation sites excluding steroid dienone is 8. The Kier molecular flexibility index (Phi) is 9.58. The monoisotopic (exact) mass is 610 g/mol. The molecule has 42 heavy (non-hydrogen) atoms. The summed E-state index contributed by atoms with van der Waals surface area (Å²) in [5.74, 6) is 0. The lowest BCUT2D eigenvalue weighted by Crippen LogP contribution is -2.68. The minimum Gasteiger partial charge on any atom is -0.344 e. The van der Waals surface area contributed by atoms with Gasteiger partial charge in [0.15, 0.2) is 5.71 Å². The van der Waals surface area contributed by atoms with Crippen LogP contribution in [0, 0.1) is 10.2 Å². The Hall–Kier alpha value is -2.71. The number of para-hydroxylation sites is 2. The Morgan fingerprint density at radius 3 is 2.12 bits per heavy atom. The SMILES string of the molecule is CCN1/C(=C/C=C2\CCCC(/C=C/C3=[N+](CC)c4ccccc4C3(C)C)=C2Cl)C(C)(C)c2ccccc21.[O-][Cl+3]([O-])([O-])[O-]. The van der Waals surface area contributed by atoms with Crippen molar-refractivity contribution >= 4 is 28.7 Å². The Morgan fingerprint density at radius 2 is 1.48 bits per heavy atom. The van der Waals surface area contributed by atoms with Gasteiger partial charge in [0.1, 0.15) is 6.54 Å². The summed E-state index contributed by atoms with van der Waals surface area (Å²) in [6.07, 6.45) is 12.4. The maximum absolute atomic E-state index is 8.49. The second-order valence-electron chi connectivity index (χ2n) is 11.8. The lowest BCUT2D eigenvalue weighted by molar-refractivity contribution is -2.00. The van der Waals surface area contributed by atoms with Crippen LogP contribution in [-0.2, 0) is 10.8 Å². The van der Waals surface area contributed by atoms with Gasteiger partial charge in [-0.3, -0.25) is 0 Å². The van der Waals surface area contributed by atoms with E-state index in [1.165, 1.54) is 45.1 Å². The molecule has 5 rings (SSSR count). The highest BCUT2D eigenvalue weighted by Gasteiger charge is 2.43. The van der Waals surface area contributed by atoms with Crippen molar-refractivity contribution < 1.29 is 33.5 Å². The van der Waals surface area contributed by atoms with E-state index in [2.05, 4.69) is 124 Å². The molecule has 2 heterocycles. The van der Waals surface area contributed by atoms with Crippen molar-refractivity contribution in [1.29, 1.82) is 0 Å². The summed E-state index contributed by atoms with van der Waals surface area (Å²) >= 11 is 7.07. The molecule has 6 nitrogen and oxygen atoms in total. The van der Waals surface area contributed by atoms with E-state index in [1.54, 1.807) is 0 Å². The minimum absolute atomic E-state index is 0.0272. The molecule has 224 valence electrons. The van der Waals surface area contributed by atoms with Crippen LogP contribution in [0.4, 0.5) is 11.4 Å². The Bertz CT molecular complexity index is 1490. The van der Waals surface area contributed by atoms with Crippen LogP contribution in [0.1, 0.15) is 71.9 Å². The van der Waals surface area contributed by atoms with Crippen molar-refractivity contribution in [2.75, 3.05) is 18.0 Å². The van der Waals surface area contributed by atoms with Gasteiger partial charge in [-0.2, -0.15) is 4.58 Å². The van der Waals surface area contributed by atoms with Gasteiger partial charge in [0.05, 0.1) is 5.41 Å². The summed E-state index contributed by atoms with van der Waals surface area (Å²) in [5, 5.41) is 0.924. The molecule has 0 fully saturated rings. The fourth-order valence-corrected chi connectivity index (χ4v) is 6.85. The lowest BCUT2D eigenvalue weighted by Gasteiger charge is -2.26. The van der Waals surface area contributed by atoms with Crippen molar-refractivity contribution in [1.82, 2.24) is 0 Å². The molecule has 0 radical (unpaired) electrons. The Labute approximate surface area is 257 Å². The van der Waals surface area contributed by atoms with Gasteiger partial charge in [0, 0.05) is 46.1 Å². The average molecular weight is 612 g/mol. The first-order valence-corrected chi connectivity index (χ1v) is 16.0. The van der Waals surface area contributed by atoms with E-state index in [0.717, 1.165) is 37.4 Å². The van der Waals surface area contributed by atoms with E-state index in [1.807, 2.05) is 0 Å². The first kappa shape index (κ1) is 32.2. The molecular formula is C34H40Cl2N2O4. The maximum Gasteiger partial charge on any atom is 0.209 e. The number of hydrogen-bond donors (Lipinski definition) is 0. The van der Waals surface area contributed by atoms with Crippen LogP contribution in [0.15, 0.2) is 94.7 Å². The van der Waals surface area contributed by atoms with Gasteiger partial charge in [-0.05, 0) is 75.8 Å². The van der Waals surface area contributed by atoms with Crippen molar-refractivity contribution in [3.05, 3.63) is 106 Å². The molecule has 0 amide bonds. The van der Waals surface area contributed by atoms with Crippen LogP contribution in [0.5, 0.6) is 0 Å².